The van der Waals surface area contributed by atoms with Crippen molar-refractivity contribution in [1.82, 2.24) is 24.1 Å². The Morgan fingerprint density at radius 1 is 1.14 bits per heavy atom. The van der Waals surface area contributed by atoms with Crippen LogP contribution in [0, 0.1) is 6.92 Å². The lowest BCUT2D eigenvalue weighted by Gasteiger charge is -2.19. The first-order valence-corrected chi connectivity index (χ1v) is 13.1. The first kappa shape index (κ1) is 24.4. The second kappa shape index (κ2) is 9.49. The number of hydrogen-bond acceptors (Lipinski definition) is 8. The number of fused-ring (bicyclic) bond motifs is 1. The summed E-state index contributed by atoms with van der Waals surface area (Å²) >= 11 is 0. The van der Waals surface area contributed by atoms with Crippen molar-refractivity contribution in [2.45, 2.75) is 19.9 Å². The fourth-order valence-electron chi connectivity index (χ4n) is 4.17. The minimum atomic E-state index is -3.52. The third kappa shape index (κ3) is 4.63. The molecule has 4 heterocycles. The van der Waals surface area contributed by atoms with Crippen LogP contribution in [0.3, 0.4) is 0 Å². The van der Waals surface area contributed by atoms with Gasteiger partial charge in [-0.25, -0.2) is 23.2 Å². The van der Waals surface area contributed by atoms with Gasteiger partial charge in [-0.05, 0) is 43.7 Å². The Hall–Kier alpha value is -3.73. The molecule has 4 aromatic rings. The minimum absolute atomic E-state index is 0.223. The smallest absolute Gasteiger partial charge is 0.330 e. The van der Waals surface area contributed by atoms with Crippen LogP contribution in [0.25, 0.3) is 22.4 Å². The van der Waals surface area contributed by atoms with Crippen LogP contribution >= 0.6 is 0 Å². The van der Waals surface area contributed by atoms with Crippen molar-refractivity contribution in [2.75, 3.05) is 25.7 Å². The van der Waals surface area contributed by atoms with Gasteiger partial charge in [-0.15, -0.1) is 0 Å². The Morgan fingerprint density at radius 3 is 2.54 bits per heavy atom. The van der Waals surface area contributed by atoms with Gasteiger partial charge in [0.05, 0.1) is 42.4 Å². The van der Waals surface area contributed by atoms with Crippen LogP contribution < -0.4 is 15.2 Å². The molecule has 0 saturated heterocycles. The number of hydrogen-bond donors (Lipinski definition) is 0. The Kier molecular flexibility index (Phi) is 6.62. The van der Waals surface area contributed by atoms with Crippen LogP contribution in [-0.4, -0.2) is 58.2 Å². The summed E-state index contributed by atoms with van der Waals surface area (Å²) in [5.74, 6) is 0.286. The number of methoxy groups -OCH3 is 1. The number of rotatable bonds is 8. The van der Waals surface area contributed by atoms with E-state index in [0.29, 0.717) is 29.2 Å². The molecule has 11 heteroatoms. The van der Waals surface area contributed by atoms with Gasteiger partial charge in [-0.2, -0.15) is 0 Å². The van der Waals surface area contributed by atoms with E-state index < -0.39 is 21.6 Å². The monoisotopic (exact) mass is 497 g/mol. The summed E-state index contributed by atoms with van der Waals surface area (Å²) in [6, 6.07) is 7.93. The Labute approximate surface area is 203 Å². The fraction of sp³-hybridized carbons (Fsp3) is 0.333. The van der Waals surface area contributed by atoms with Gasteiger partial charge in [0.15, 0.2) is 11.4 Å². The van der Waals surface area contributed by atoms with Crippen molar-refractivity contribution in [3.8, 4) is 22.9 Å². The van der Waals surface area contributed by atoms with Gasteiger partial charge < -0.3 is 9.47 Å². The quantitative estimate of drug-likeness (QED) is 0.364. The maximum atomic E-state index is 13.5. The van der Waals surface area contributed by atoms with Crippen LogP contribution in [0.15, 0.2) is 47.5 Å². The lowest BCUT2D eigenvalue weighted by Crippen LogP contribution is -2.31. The molecule has 0 aliphatic heterocycles. The van der Waals surface area contributed by atoms with E-state index >= 15 is 0 Å². The van der Waals surface area contributed by atoms with Gasteiger partial charge in [0.25, 0.3) is 5.88 Å². The van der Waals surface area contributed by atoms with E-state index in [2.05, 4.69) is 15.0 Å². The minimum Gasteiger partial charge on any atom is -0.491 e. The third-order valence-electron chi connectivity index (χ3n) is 5.75. The average Bonchev–Trinajstić information content (AvgIpc) is 3.08. The van der Waals surface area contributed by atoms with Crippen molar-refractivity contribution >= 4 is 21.0 Å². The zero-order valence-corrected chi connectivity index (χ0v) is 21.0. The van der Waals surface area contributed by atoms with E-state index in [9.17, 15) is 13.2 Å². The lowest BCUT2D eigenvalue weighted by molar-refractivity contribution is 0.296. The molecule has 35 heavy (non-hydrogen) atoms. The van der Waals surface area contributed by atoms with E-state index in [1.165, 1.54) is 16.2 Å². The van der Waals surface area contributed by atoms with Gasteiger partial charge >= 0.3 is 5.69 Å². The number of ether oxygens (including phenoxy) is 2. The van der Waals surface area contributed by atoms with Crippen LogP contribution in [0.1, 0.15) is 24.2 Å². The number of aromatic nitrogens is 5. The van der Waals surface area contributed by atoms with Gasteiger partial charge in [0.2, 0.25) is 0 Å². The highest BCUT2D eigenvalue weighted by Crippen LogP contribution is 2.31. The first-order chi connectivity index (χ1) is 16.7. The first-order valence-electron chi connectivity index (χ1n) is 11.0. The van der Waals surface area contributed by atoms with Gasteiger partial charge in [0.1, 0.15) is 9.84 Å². The van der Waals surface area contributed by atoms with E-state index in [4.69, 9.17) is 9.47 Å². The third-order valence-corrected chi connectivity index (χ3v) is 6.67. The van der Waals surface area contributed by atoms with Crippen molar-refractivity contribution in [2.24, 2.45) is 7.05 Å². The molecule has 10 nitrogen and oxygen atoms in total. The van der Waals surface area contributed by atoms with E-state index in [1.54, 1.807) is 31.6 Å². The Morgan fingerprint density at radius 2 is 1.91 bits per heavy atom. The molecule has 184 valence electrons. The zero-order valence-electron chi connectivity index (χ0n) is 20.2. The molecule has 0 aliphatic carbocycles. The van der Waals surface area contributed by atoms with Crippen molar-refractivity contribution in [3.63, 3.8) is 0 Å². The number of sulfone groups is 1. The molecule has 0 aliphatic rings. The molecule has 0 amide bonds. The number of aryl methyl sites for hydroxylation is 2. The second-order valence-electron chi connectivity index (χ2n) is 8.18. The van der Waals surface area contributed by atoms with Crippen LogP contribution in [-0.2, 0) is 16.9 Å². The predicted octanol–water partition coefficient (Wildman–Crippen LogP) is 2.54. The molecule has 0 fully saturated rings. The Balaban J connectivity index is 1.98. The van der Waals surface area contributed by atoms with Crippen molar-refractivity contribution in [3.05, 3.63) is 64.5 Å². The van der Waals surface area contributed by atoms with E-state index in [1.807, 2.05) is 32.0 Å². The van der Waals surface area contributed by atoms with Crippen LogP contribution in [0.4, 0.5) is 0 Å². The number of pyridine rings is 3. The van der Waals surface area contributed by atoms with Gasteiger partial charge in [0, 0.05) is 31.3 Å². The molecule has 4 rings (SSSR count). The summed E-state index contributed by atoms with van der Waals surface area (Å²) in [5.41, 5.74) is 3.22. The van der Waals surface area contributed by atoms with Gasteiger partial charge in [-0.3, -0.25) is 14.1 Å². The summed E-state index contributed by atoms with van der Waals surface area (Å²) in [6.07, 6.45) is 4.47. The van der Waals surface area contributed by atoms with E-state index in [0.717, 1.165) is 23.1 Å². The molecule has 1 unspecified atom stereocenters. The summed E-state index contributed by atoms with van der Waals surface area (Å²) in [4.78, 5) is 27.0. The highest BCUT2D eigenvalue weighted by Gasteiger charge is 2.29. The summed E-state index contributed by atoms with van der Waals surface area (Å²) in [5, 5.41) is 0. The summed E-state index contributed by atoms with van der Waals surface area (Å²) in [6.45, 7) is 4.04. The summed E-state index contributed by atoms with van der Waals surface area (Å²) in [7, 11) is -0.381. The molecule has 1 atom stereocenters. The second-order valence-corrected chi connectivity index (χ2v) is 10.4. The van der Waals surface area contributed by atoms with Crippen molar-refractivity contribution < 1.29 is 17.9 Å². The normalized spacial score (nSPS) is 12.6. The van der Waals surface area contributed by atoms with Crippen molar-refractivity contribution in [1.29, 1.82) is 0 Å². The number of imidazole rings is 1. The maximum absolute atomic E-state index is 13.5. The average molecular weight is 498 g/mol. The molecule has 0 spiro atoms. The molecule has 0 bridgehead atoms. The topological polar surface area (TPSA) is 118 Å². The molecule has 0 saturated carbocycles. The SMILES string of the molecule is CCOc1nc(C(CS(C)(=O)=O)n2c(=O)n(C)c3c(C)c(-c4ccccn4)cnc32)ccc1OC. The largest absolute Gasteiger partial charge is 0.491 e. The van der Waals surface area contributed by atoms with E-state index in [-0.39, 0.29) is 11.6 Å². The maximum Gasteiger partial charge on any atom is 0.330 e. The van der Waals surface area contributed by atoms with Crippen LogP contribution in [0.5, 0.6) is 11.6 Å². The standard InChI is InChI=1S/C24H27N5O5S/c1-6-34-23-20(33-4)11-10-18(27-23)19(14-35(5,31)32)29-22-21(28(3)24(29)30)15(2)16(13-26-22)17-9-7-8-12-25-17/h7-13,19H,6,14H2,1-5H3. The highest BCUT2D eigenvalue weighted by molar-refractivity contribution is 7.90. The lowest BCUT2D eigenvalue weighted by atomic mass is 10.1. The molecule has 0 aromatic carbocycles. The Bertz CT molecular complexity index is 1540. The molecule has 4 aromatic heterocycles. The predicted molar refractivity (Wildman–Crippen MR) is 133 cm³/mol. The highest BCUT2D eigenvalue weighted by atomic mass is 32.2. The molecular formula is C24H27N5O5S. The molecule has 0 radical (unpaired) electrons. The zero-order chi connectivity index (χ0) is 25.3. The molecular weight excluding hydrogens is 470 g/mol. The van der Waals surface area contributed by atoms with Crippen LogP contribution in [0.2, 0.25) is 0 Å². The van der Waals surface area contributed by atoms with Gasteiger partial charge in [-0.1, -0.05) is 6.07 Å². The summed E-state index contributed by atoms with van der Waals surface area (Å²) < 4.78 is 38.7. The fourth-order valence-corrected chi connectivity index (χ4v) is 5.06. The molecule has 0 N–H and O–H groups in total. The number of nitrogens with zero attached hydrogens (tertiary/aromatic N) is 5.